The number of carbonyl (C=O) groups is 1. The van der Waals surface area contributed by atoms with Crippen molar-refractivity contribution in [2.45, 2.75) is 25.9 Å². The number of nitriles is 1. The third-order valence-electron chi connectivity index (χ3n) is 2.43. The molecule has 0 atom stereocenters. The molecule has 4 nitrogen and oxygen atoms in total. The highest BCUT2D eigenvalue weighted by molar-refractivity contribution is 5.77. The van der Waals surface area contributed by atoms with Crippen LogP contribution in [0.5, 0.6) is 0 Å². The summed E-state index contributed by atoms with van der Waals surface area (Å²) in [5.41, 5.74) is -0.524. The van der Waals surface area contributed by atoms with Gasteiger partial charge in [0.2, 0.25) is 0 Å². The minimum atomic E-state index is -1.14. The number of nitrogens with one attached hydrogen (secondary N) is 1. The van der Waals surface area contributed by atoms with Gasteiger partial charge in [0.05, 0.1) is 11.6 Å². The van der Waals surface area contributed by atoms with Gasteiger partial charge in [-0.2, -0.15) is 5.26 Å². The molecule has 0 saturated heterocycles. The zero-order valence-corrected chi connectivity index (χ0v) is 9.62. The van der Waals surface area contributed by atoms with Crippen molar-refractivity contribution >= 4 is 5.97 Å². The molecule has 2 N–H and O–H groups in total. The number of carboxylic acids is 1. The van der Waals surface area contributed by atoms with E-state index in [2.05, 4.69) is 5.32 Å². The van der Waals surface area contributed by atoms with Crippen LogP contribution in [0.2, 0.25) is 0 Å². The minimum absolute atomic E-state index is 0.0562. The number of benzene rings is 1. The largest absolute Gasteiger partial charge is 0.480 e. The molecule has 1 aromatic rings. The average Bonchev–Trinajstić information content (AvgIpc) is 2.28. The van der Waals surface area contributed by atoms with Crippen molar-refractivity contribution < 1.29 is 14.3 Å². The maximum Gasteiger partial charge on any atom is 0.323 e. The first-order valence-electron chi connectivity index (χ1n) is 5.04. The Balaban J connectivity index is 2.83. The lowest BCUT2D eigenvalue weighted by molar-refractivity contribution is -0.143. The summed E-state index contributed by atoms with van der Waals surface area (Å²) in [6.45, 7) is 3.03. The van der Waals surface area contributed by atoms with E-state index < -0.39 is 17.3 Å². The van der Waals surface area contributed by atoms with E-state index in [1.54, 1.807) is 0 Å². The fourth-order valence-electron chi connectivity index (χ4n) is 1.17. The summed E-state index contributed by atoms with van der Waals surface area (Å²) in [6.07, 6.45) is 0. The zero-order valence-electron chi connectivity index (χ0n) is 9.62. The second-order valence-electron chi connectivity index (χ2n) is 4.20. The predicted octanol–water partition coefficient (Wildman–Crippen LogP) is 1.65. The second kappa shape index (κ2) is 4.93. The van der Waals surface area contributed by atoms with Crippen molar-refractivity contribution in [3.05, 3.63) is 35.1 Å². The van der Waals surface area contributed by atoms with Crippen molar-refractivity contribution in [1.82, 2.24) is 5.32 Å². The van der Waals surface area contributed by atoms with Gasteiger partial charge in [0.15, 0.2) is 0 Å². The highest BCUT2D eigenvalue weighted by Gasteiger charge is 2.26. The van der Waals surface area contributed by atoms with Crippen molar-refractivity contribution in [2.75, 3.05) is 0 Å². The van der Waals surface area contributed by atoms with Crippen molar-refractivity contribution in [3.8, 4) is 6.07 Å². The molecular formula is C12H13FN2O2. The van der Waals surface area contributed by atoms with Crippen LogP contribution in [0.3, 0.4) is 0 Å². The molecule has 17 heavy (non-hydrogen) atoms. The lowest BCUT2D eigenvalue weighted by atomic mass is 10.0. The predicted molar refractivity (Wildman–Crippen MR) is 59.7 cm³/mol. The number of halogens is 1. The van der Waals surface area contributed by atoms with E-state index in [-0.39, 0.29) is 12.1 Å². The Kier molecular flexibility index (Phi) is 3.81. The molecule has 0 heterocycles. The smallest absolute Gasteiger partial charge is 0.323 e. The highest BCUT2D eigenvalue weighted by Crippen LogP contribution is 2.12. The molecule has 0 aliphatic rings. The molecule has 0 aromatic heterocycles. The monoisotopic (exact) mass is 236 g/mol. The van der Waals surface area contributed by atoms with E-state index in [0.717, 1.165) is 0 Å². The first-order chi connectivity index (χ1) is 7.86. The van der Waals surface area contributed by atoms with Gasteiger partial charge >= 0.3 is 5.97 Å². The van der Waals surface area contributed by atoms with Crippen LogP contribution in [-0.2, 0) is 11.3 Å². The van der Waals surface area contributed by atoms with E-state index in [1.165, 1.54) is 32.0 Å². The molecule has 0 saturated carbocycles. The molecule has 5 heteroatoms. The van der Waals surface area contributed by atoms with Crippen LogP contribution in [0.1, 0.15) is 25.0 Å². The SMILES string of the molecule is CC(C)(NCc1cc(C#N)ccc1F)C(=O)O. The van der Waals surface area contributed by atoms with Crippen molar-refractivity contribution in [2.24, 2.45) is 0 Å². The van der Waals surface area contributed by atoms with Gasteiger partial charge in [-0.15, -0.1) is 0 Å². The summed E-state index contributed by atoms with van der Waals surface area (Å²) in [4.78, 5) is 10.8. The summed E-state index contributed by atoms with van der Waals surface area (Å²) >= 11 is 0. The number of hydrogen-bond acceptors (Lipinski definition) is 3. The van der Waals surface area contributed by atoms with Crippen LogP contribution < -0.4 is 5.32 Å². The minimum Gasteiger partial charge on any atom is -0.480 e. The second-order valence-corrected chi connectivity index (χ2v) is 4.20. The van der Waals surface area contributed by atoms with Crippen molar-refractivity contribution in [3.63, 3.8) is 0 Å². The third-order valence-corrected chi connectivity index (χ3v) is 2.43. The summed E-state index contributed by atoms with van der Waals surface area (Å²) in [7, 11) is 0. The molecule has 90 valence electrons. The van der Waals surface area contributed by atoms with Crippen LogP contribution in [0, 0.1) is 17.1 Å². The Bertz CT molecular complexity index is 478. The average molecular weight is 236 g/mol. The van der Waals surface area contributed by atoms with E-state index in [1.807, 2.05) is 6.07 Å². The Morgan fingerprint density at radius 3 is 2.76 bits per heavy atom. The van der Waals surface area contributed by atoms with E-state index in [9.17, 15) is 9.18 Å². The Morgan fingerprint density at radius 2 is 2.24 bits per heavy atom. The summed E-state index contributed by atoms with van der Waals surface area (Å²) in [5.74, 6) is -1.48. The van der Waals surface area contributed by atoms with Crippen LogP contribution >= 0.6 is 0 Å². The van der Waals surface area contributed by atoms with Crippen molar-refractivity contribution in [1.29, 1.82) is 5.26 Å². The number of nitrogens with zero attached hydrogens (tertiary/aromatic N) is 1. The molecule has 0 aliphatic carbocycles. The molecule has 0 spiro atoms. The van der Waals surface area contributed by atoms with Gasteiger partial charge in [-0.1, -0.05) is 0 Å². The molecule has 0 fully saturated rings. The van der Waals surface area contributed by atoms with Gasteiger partial charge in [0.25, 0.3) is 0 Å². The normalized spacial score (nSPS) is 10.9. The van der Waals surface area contributed by atoms with E-state index in [4.69, 9.17) is 10.4 Å². The van der Waals surface area contributed by atoms with Gasteiger partial charge < -0.3 is 5.11 Å². The first-order valence-corrected chi connectivity index (χ1v) is 5.04. The van der Waals surface area contributed by atoms with Crippen LogP contribution in [-0.4, -0.2) is 16.6 Å². The van der Waals surface area contributed by atoms with Gasteiger partial charge in [-0.3, -0.25) is 10.1 Å². The molecule has 1 rings (SSSR count). The number of aliphatic carboxylic acids is 1. The number of hydrogen-bond donors (Lipinski definition) is 2. The van der Waals surface area contributed by atoms with Gasteiger partial charge in [-0.05, 0) is 32.0 Å². The summed E-state index contributed by atoms with van der Waals surface area (Å²) < 4.78 is 13.4. The van der Waals surface area contributed by atoms with Crippen LogP contribution in [0.15, 0.2) is 18.2 Å². The van der Waals surface area contributed by atoms with E-state index >= 15 is 0 Å². The molecule has 0 bridgehead atoms. The maximum atomic E-state index is 13.4. The third kappa shape index (κ3) is 3.26. The summed E-state index contributed by atoms with van der Waals surface area (Å²) in [5, 5.41) is 20.3. The van der Waals surface area contributed by atoms with Gasteiger partial charge in [0.1, 0.15) is 11.4 Å². The van der Waals surface area contributed by atoms with E-state index in [0.29, 0.717) is 5.56 Å². The lowest BCUT2D eigenvalue weighted by Gasteiger charge is -2.21. The molecule has 0 radical (unpaired) electrons. The first kappa shape index (κ1) is 13.1. The molecule has 0 amide bonds. The maximum absolute atomic E-state index is 13.4. The molecule has 0 unspecified atom stereocenters. The lowest BCUT2D eigenvalue weighted by Crippen LogP contribution is -2.46. The highest BCUT2D eigenvalue weighted by atomic mass is 19.1. The van der Waals surface area contributed by atoms with Crippen LogP contribution in [0.25, 0.3) is 0 Å². The van der Waals surface area contributed by atoms with Crippen LogP contribution in [0.4, 0.5) is 4.39 Å². The quantitative estimate of drug-likeness (QED) is 0.833. The Morgan fingerprint density at radius 1 is 1.59 bits per heavy atom. The van der Waals surface area contributed by atoms with Gasteiger partial charge in [-0.25, -0.2) is 4.39 Å². The standard InChI is InChI=1S/C12H13FN2O2/c1-12(2,11(16)17)15-7-9-5-8(6-14)3-4-10(9)13/h3-5,15H,7H2,1-2H3,(H,16,17). The molecule has 1 aromatic carbocycles. The fourth-order valence-corrected chi connectivity index (χ4v) is 1.17. The van der Waals surface area contributed by atoms with Gasteiger partial charge in [0, 0.05) is 12.1 Å². The summed E-state index contributed by atoms with van der Waals surface area (Å²) in [6, 6.07) is 5.88. The Hall–Kier alpha value is -1.93. The zero-order chi connectivity index (χ0) is 13.1. The number of rotatable bonds is 4. The Labute approximate surface area is 98.7 Å². The molecular weight excluding hydrogens is 223 g/mol. The number of carboxylic acid groups (broad SMARTS) is 1. The molecule has 0 aliphatic heterocycles. The topological polar surface area (TPSA) is 73.1 Å². The fraction of sp³-hybridized carbons (Fsp3) is 0.333.